The fourth-order valence-electron chi connectivity index (χ4n) is 4.57. The van der Waals surface area contributed by atoms with Crippen molar-refractivity contribution in [1.29, 1.82) is 0 Å². The van der Waals surface area contributed by atoms with Gasteiger partial charge in [0.05, 0.1) is 45.5 Å². The SMILES string of the molecule is Cn1ncnc1-c1cnn([C@H](Cc2ccn(C(F)F)n2)c2ccc(-c3c(-n4cc(Cl)nn4)ccc(Cl)c3F)c[n+]2[O-])c1. The molecule has 5 heterocycles. The van der Waals surface area contributed by atoms with E-state index in [9.17, 15) is 14.0 Å². The van der Waals surface area contributed by atoms with Gasteiger partial charge in [-0.15, -0.1) is 5.10 Å². The molecule has 0 fully saturated rings. The van der Waals surface area contributed by atoms with Crippen LogP contribution in [0.1, 0.15) is 24.0 Å². The van der Waals surface area contributed by atoms with Gasteiger partial charge in [0.15, 0.2) is 23.0 Å². The Bertz CT molecular complexity index is 1900. The average Bonchev–Trinajstić information content (AvgIpc) is 3.77. The topological polar surface area (TPSA) is 124 Å². The lowest BCUT2D eigenvalue weighted by molar-refractivity contribution is -0.615. The summed E-state index contributed by atoms with van der Waals surface area (Å²) in [5.41, 5.74) is 1.53. The Balaban J connectivity index is 1.44. The second-order valence-electron chi connectivity index (χ2n) is 9.11. The van der Waals surface area contributed by atoms with Crippen LogP contribution in [0, 0.1) is 11.0 Å². The smallest absolute Gasteiger partial charge is 0.333 e. The van der Waals surface area contributed by atoms with Crippen LogP contribution in [-0.4, -0.2) is 49.3 Å². The molecule has 17 heteroatoms. The maximum atomic E-state index is 15.4. The van der Waals surface area contributed by atoms with Crippen molar-refractivity contribution in [2.75, 3.05) is 0 Å². The van der Waals surface area contributed by atoms with Crippen LogP contribution >= 0.6 is 23.2 Å². The summed E-state index contributed by atoms with van der Waals surface area (Å²) < 4.78 is 47.2. The van der Waals surface area contributed by atoms with Crippen LogP contribution in [0.2, 0.25) is 10.2 Å². The number of rotatable bonds is 8. The lowest BCUT2D eigenvalue weighted by Gasteiger charge is -2.18. The molecule has 214 valence electrons. The molecule has 0 saturated carbocycles. The molecule has 12 nitrogen and oxygen atoms in total. The van der Waals surface area contributed by atoms with Gasteiger partial charge in [-0.25, -0.2) is 23.4 Å². The minimum atomic E-state index is -2.82. The molecule has 6 rings (SSSR count). The van der Waals surface area contributed by atoms with Gasteiger partial charge in [0.2, 0.25) is 5.69 Å². The zero-order valence-corrected chi connectivity index (χ0v) is 22.9. The van der Waals surface area contributed by atoms with E-state index in [0.717, 1.165) is 6.20 Å². The normalized spacial score (nSPS) is 12.4. The van der Waals surface area contributed by atoms with Gasteiger partial charge in [-0.05, 0) is 24.3 Å². The number of hydrogen-bond donors (Lipinski definition) is 0. The van der Waals surface area contributed by atoms with Crippen molar-refractivity contribution in [1.82, 2.24) is 49.3 Å². The van der Waals surface area contributed by atoms with E-state index in [1.165, 1.54) is 52.4 Å². The van der Waals surface area contributed by atoms with E-state index in [2.05, 4.69) is 30.6 Å². The van der Waals surface area contributed by atoms with Crippen LogP contribution in [0.5, 0.6) is 0 Å². The van der Waals surface area contributed by atoms with E-state index < -0.39 is 18.4 Å². The van der Waals surface area contributed by atoms with Crippen LogP contribution < -0.4 is 4.73 Å². The maximum absolute atomic E-state index is 15.4. The predicted octanol–water partition coefficient (Wildman–Crippen LogP) is 4.43. The van der Waals surface area contributed by atoms with Gasteiger partial charge < -0.3 is 5.21 Å². The van der Waals surface area contributed by atoms with Crippen LogP contribution in [0.25, 0.3) is 28.2 Å². The summed E-state index contributed by atoms with van der Waals surface area (Å²) in [5, 5.41) is 33.5. The standard InChI is InChI=1S/C25H18Cl2F3N11O/c1-37-24(31-13-33-37)15-9-32-39(10-15)20(8-16-6-7-38(35-16)25(29)30)18-4-2-14(11-41(18)42)22-19(5-3-17(26)23(22)28)40-12-21(27)34-36-40/h2-7,9-13,20,25H,8H2,1H3/t20-/m1/s1. The molecular formula is C25H18Cl2F3N11O. The Labute approximate surface area is 244 Å². The summed E-state index contributed by atoms with van der Waals surface area (Å²) >= 11 is 12.0. The molecule has 42 heavy (non-hydrogen) atoms. The van der Waals surface area contributed by atoms with Gasteiger partial charge in [0.1, 0.15) is 12.4 Å². The Morgan fingerprint density at radius 1 is 1.02 bits per heavy atom. The molecule has 0 bridgehead atoms. The summed E-state index contributed by atoms with van der Waals surface area (Å²) in [6.07, 6.45) is 8.36. The minimum absolute atomic E-state index is 0.00361. The van der Waals surface area contributed by atoms with Crippen molar-refractivity contribution < 1.29 is 17.9 Å². The molecule has 0 N–H and O–H groups in total. The molecular weight excluding hydrogens is 598 g/mol. The van der Waals surface area contributed by atoms with Crippen molar-refractivity contribution in [2.24, 2.45) is 7.05 Å². The van der Waals surface area contributed by atoms with E-state index >= 15 is 4.39 Å². The molecule has 1 aromatic carbocycles. The largest absolute Gasteiger partial charge is 0.618 e. The zero-order chi connectivity index (χ0) is 29.5. The maximum Gasteiger partial charge on any atom is 0.333 e. The summed E-state index contributed by atoms with van der Waals surface area (Å²) in [4.78, 5) is 4.22. The van der Waals surface area contributed by atoms with E-state index in [1.54, 1.807) is 30.2 Å². The Kier molecular flexibility index (Phi) is 7.12. The first kappa shape index (κ1) is 27.4. The second kappa shape index (κ2) is 10.9. The van der Waals surface area contributed by atoms with Gasteiger partial charge in [-0.1, -0.05) is 28.4 Å². The fraction of sp³-hybridized carbons (Fsp3) is 0.160. The lowest BCUT2D eigenvalue weighted by Crippen LogP contribution is -2.36. The van der Waals surface area contributed by atoms with Gasteiger partial charge >= 0.3 is 6.55 Å². The molecule has 0 aliphatic heterocycles. The first-order valence-corrected chi connectivity index (χ1v) is 13.0. The second-order valence-corrected chi connectivity index (χ2v) is 9.91. The Morgan fingerprint density at radius 2 is 1.86 bits per heavy atom. The summed E-state index contributed by atoms with van der Waals surface area (Å²) in [6.45, 7) is -2.82. The van der Waals surface area contributed by atoms with Gasteiger partial charge in [-0.2, -0.15) is 28.8 Å². The van der Waals surface area contributed by atoms with E-state index in [-0.39, 0.29) is 39.1 Å². The lowest BCUT2D eigenvalue weighted by atomic mass is 10.0. The molecule has 0 spiro atoms. The van der Waals surface area contributed by atoms with Gasteiger partial charge in [0.25, 0.3) is 0 Å². The molecule has 0 saturated heterocycles. The predicted molar refractivity (Wildman–Crippen MR) is 143 cm³/mol. The first-order valence-electron chi connectivity index (χ1n) is 12.2. The minimum Gasteiger partial charge on any atom is -0.618 e. The third-order valence-electron chi connectivity index (χ3n) is 6.52. The Hall–Kier alpha value is -4.76. The molecule has 6 aromatic rings. The molecule has 1 atom stereocenters. The molecule has 0 aliphatic carbocycles. The van der Waals surface area contributed by atoms with Crippen molar-refractivity contribution in [2.45, 2.75) is 19.0 Å². The number of hydrogen-bond acceptors (Lipinski definition) is 7. The number of alkyl halides is 2. The Morgan fingerprint density at radius 3 is 2.52 bits per heavy atom. The number of benzene rings is 1. The van der Waals surface area contributed by atoms with E-state index in [1.807, 2.05) is 0 Å². The fourth-order valence-corrected chi connectivity index (χ4v) is 4.86. The third-order valence-corrected chi connectivity index (χ3v) is 6.98. The molecule has 5 aromatic heterocycles. The van der Waals surface area contributed by atoms with Crippen molar-refractivity contribution >= 4 is 23.2 Å². The monoisotopic (exact) mass is 615 g/mol. The van der Waals surface area contributed by atoms with E-state index in [0.29, 0.717) is 26.5 Å². The van der Waals surface area contributed by atoms with Gasteiger partial charge in [-0.3, -0.25) is 4.68 Å². The van der Waals surface area contributed by atoms with Crippen molar-refractivity contribution in [3.63, 3.8) is 0 Å². The highest BCUT2D eigenvalue weighted by atomic mass is 35.5. The van der Waals surface area contributed by atoms with Gasteiger partial charge in [0, 0.05) is 31.9 Å². The quantitative estimate of drug-likeness (QED) is 0.183. The number of aromatic nitrogens is 11. The van der Waals surface area contributed by atoms with Crippen LogP contribution in [0.15, 0.2) is 67.6 Å². The average molecular weight is 616 g/mol. The van der Waals surface area contributed by atoms with Crippen molar-refractivity contribution in [3.05, 3.63) is 100 Å². The van der Waals surface area contributed by atoms with E-state index in [4.69, 9.17) is 23.2 Å². The molecule has 0 unspecified atom stereocenters. The first-order chi connectivity index (χ1) is 20.2. The highest BCUT2D eigenvalue weighted by molar-refractivity contribution is 6.31. The summed E-state index contributed by atoms with van der Waals surface area (Å²) in [5.74, 6) is -0.243. The zero-order valence-electron chi connectivity index (χ0n) is 21.4. The van der Waals surface area contributed by atoms with Crippen LogP contribution in [0.4, 0.5) is 13.2 Å². The van der Waals surface area contributed by atoms with Crippen LogP contribution in [0.3, 0.4) is 0 Å². The third kappa shape index (κ3) is 5.07. The van der Waals surface area contributed by atoms with Crippen molar-refractivity contribution in [3.8, 4) is 28.2 Å². The number of pyridine rings is 1. The van der Waals surface area contributed by atoms with Crippen LogP contribution in [-0.2, 0) is 13.5 Å². The summed E-state index contributed by atoms with van der Waals surface area (Å²) in [7, 11) is 1.72. The number of nitrogens with zero attached hydrogens (tertiary/aromatic N) is 11. The highest BCUT2D eigenvalue weighted by Crippen LogP contribution is 2.34. The highest BCUT2D eigenvalue weighted by Gasteiger charge is 2.27. The molecule has 0 aliphatic rings. The molecule has 0 amide bonds. The molecule has 0 radical (unpaired) electrons. The summed E-state index contributed by atoms with van der Waals surface area (Å²) in [6, 6.07) is 6.56. The number of aryl methyl sites for hydroxylation is 1. The number of halogens is 5.